The minimum Gasteiger partial charge on any atom is -0.481 e. The van der Waals surface area contributed by atoms with Gasteiger partial charge in [-0.25, -0.2) is 4.79 Å². The molecule has 0 fully saturated rings. The lowest BCUT2D eigenvalue weighted by atomic mass is 10.1. The molecule has 26 heavy (non-hydrogen) atoms. The molecule has 0 saturated carbocycles. The van der Waals surface area contributed by atoms with Crippen molar-refractivity contribution in [1.29, 1.82) is 0 Å². The van der Waals surface area contributed by atoms with Gasteiger partial charge in [0.05, 0.1) is 6.04 Å². The summed E-state index contributed by atoms with van der Waals surface area (Å²) in [6.07, 6.45) is 5.93. The molecule has 0 heterocycles. The summed E-state index contributed by atoms with van der Waals surface area (Å²) in [5.74, 6) is 3.19. The molecule has 2 aromatic carbocycles. The summed E-state index contributed by atoms with van der Waals surface area (Å²) in [6, 6.07) is 15.9. The summed E-state index contributed by atoms with van der Waals surface area (Å²) in [7, 11) is 1.82. The first-order valence-electron chi connectivity index (χ1n) is 8.73. The standard InChI is InChI=1S/C22H26N2O2/c1-5-16-26-21-12-8-19(9-13-21)14-15-23-22(25)24(4)18(3)20-10-6-17(2)7-11-20/h1,6-13,18H,14-16H2,2-4H3,(H,23,25). The minimum absolute atomic E-state index is 0.0168. The molecule has 0 aliphatic rings. The summed E-state index contributed by atoms with van der Waals surface area (Å²) >= 11 is 0. The molecule has 1 atom stereocenters. The van der Waals surface area contributed by atoms with Gasteiger partial charge in [0.1, 0.15) is 12.4 Å². The average molecular weight is 350 g/mol. The Morgan fingerprint density at radius 1 is 1.19 bits per heavy atom. The number of amides is 2. The minimum atomic E-state index is -0.0768. The zero-order valence-corrected chi connectivity index (χ0v) is 15.7. The number of urea groups is 1. The van der Waals surface area contributed by atoms with Crippen LogP contribution in [0.3, 0.4) is 0 Å². The van der Waals surface area contributed by atoms with Crippen LogP contribution in [0.5, 0.6) is 5.75 Å². The largest absolute Gasteiger partial charge is 0.481 e. The van der Waals surface area contributed by atoms with Crippen LogP contribution in [0, 0.1) is 19.3 Å². The number of hydrogen-bond donors (Lipinski definition) is 1. The molecule has 2 aromatic rings. The zero-order valence-electron chi connectivity index (χ0n) is 15.7. The number of terminal acetylenes is 1. The highest BCUT2D eigenvalue weighted by Crippen LogP contribution is 2.19. The van der Waals surface area contributed by atoms with Crippen LogP contribution in [-0.4, -0.2) is 31.1 Å². The highest BCUT2D eigenvalue weighted by Gasteiger charge is 2.16. The average Bonchev–Trinajstić information content (AvgIpc) is 2.66. The van der Waals surface area contributed by atoms with E-state index in [1.54, 1.807) is 4.90 Å². The van der Waals surface area contributed by atoms with Gasteiger partial charge in [-0.2, -0.15) is 0 Å². The fourth-order valence-corrected chi connectivity index (χ4v) is 2.56. The van der Waals surface area contributed by atoms with E-state index in [4.69, 9.17) is 11.2 Å². The third-order valence-electron chi connectivity index (χ3n) is 4.40. The number of rotatable bonds is 7. The third kappa shape index (κ3) is 5.56. The van der Waals surface area contributed by atoms with Crippen LogP contribution in [0.1, 0.15) is 29.7 Å². The van der Waals surface area contributed by atoms with Crippen molar-refractivity contribution in [3.63, 3.8) is 0 Å². The fraction of sp³-hybridized carbons (Fsp3) is 0.318. The molecule has 1 N–H and O–H groups in total. The number of ether oxygens (including phenoxy) is 1. The monoisotopic (exact) mass is 350 g/mol. The van der Waals surface area contributed by atoms with E-state index in [0.29, 0.717) is 6.54 Å². The van der Waals surface area contributed by atoms with Crippen molar-refractivity contribution < 1.29 is 9.53 Å². The summed E-state index contributed by atoms with van der Waals surface area (Å²) in [5, 5.41) is 2.97. The Labute approximate surface area is 156 Å². The van der Waals surface area contributed by atoms with E-state index in [-0.39, 0.29) is 18.7 Å². The SMILES string of the molecule is C#CCOc1ccc(CCNC(=O)N(C)C(C)c2ccc(C)cc2)cc1. The van der Waals surface area contributed by atoms with Crippen molar-refractivity contribution in [2.45, 2.75) is 26.3 Å². The van der Waals surface area contributed by atoms with Crippen molar-refractivity contribution in [3.8, 4) is 18.1 Å². The molecule has 0 aliphatic heterocycles. The van der Waals surface area contributed by atoms with Gasteiger partial charge < -0.3 is 15.0 Å². The van der Waals surface area contributed by atoms with Crippen molar-refractivity contribution in [2.75, 3.05) is 20.2 Å². The van der Waals surface area contributed by atoms with E-state index < -0.39 is 0 Å². The van der Waals surface area contributed by atoms with Crippen molar-refractivity contribution in [2.24, 2.45) is 0 Å². The Morgan fingerprint density at radius 3 is 2.46 bits per heavy atom. The maximum atomic E-state index is 12.4. The van der Waals surface area contributed by atoms with Gasteiger partial charge in [-0.05, 0) is 43.5 Å². The maximum Gasteiger partial charge on any atom is 0.317 e. The first-order chi connectivity index (χ1) is 12.5. The van der Waals surface area contributed by atoms with E-state index in [2.05, 4.69) is 42.4 Å². The second-order valence-corrected chi connectivity index (χ2v) is 6.32. The van der Waals surface area contributed by atoms with Gasteiger partial charge in [0, 0.05) is 13.6 Å². The summed E-state index contributed by atoms with van der Waals surface area (Å²) in [6.45, 7) is 4.92. The van der Waals surface area contributed by atoms with E-state index in [1.807, 2.05) is 38.2 Å². The Bertz CT molecular complexity index is 745. The van der Waals surface area contributed by atoms with Crippen LogP contribution in [0.25, 0.3) is 0 Å². The van der Waals surface area contributed by atoms with Gasteiger partial charge in [0.2, 0.25) is 0 Å². The van der Waals surface area contributed by atoms with Crippen LogP contribution in [-0.2, 0) is 6.42 Å². The molecular formula is C22H26N2O2. The first-order valence-corrected chi connectivity index (χ1v) is 8.73. The topological polar surface area (TPSA) is 41.6 Å². The number of carbonyl (C=O) groups is 1. The molecule has 136 valence electrons. The van der Waals surface area contributed by atoms with E-state index >= 15 is 0 Å². The van der Waals surface area contributed by atoms with Gasteiger partial charge in [-0.15, -0.1) is 6.42 Å². The molecular weight excluding hydrogens is 324 g/mol. The number of carbonyl (C=O) groups excluding carboxylic acids is 1. The van der Waals surface area contributed by atoms with Crippen molar-refractivity contribution in [3.05, 3.63) is 65.2 Å². The Balaban J connectivity index is 1.80. The van der Waals surface area contributed by atoms with Gasteiger partial charge in [-0.3, -0.25) is 0 Å². The Morgan fingerprint density at radius 2 is 1.85 bits per heavy atom. The lowest BCUT2D eigenvalue weighted by Crippen LogP contribution is -2.39. The molecule has 4 heteroatoms. The first kappa shape index (κ1) is 19.4. The Hall–Kier alpha value is -2.93. The van der Waals surface area contributed by atoms with Gasteiger partial charge >= 0.3 is 6.03 Å². The third-order valence-corrected chi connectivity index (χ3v) is 4.40. The molecule has 0 aromatic heterocycles. The number of nitrogens with zero attached hydrogens (tertiary/aromatic N) is 1. The van der Waals surface area contributed by atoms with Crippen molar-refractivity contribution in [1.82, 2.24) is 10.2 Å². The molecule has 2 amide bonds. The second kappa shape index (κ2) is 9.53. The second-order valence-electron chi connectivity index (χ2n) is 6.32. The molecule has 0 radical (unpaired) electrons. The van der Waals surface area contributed by atoms with Crippen LogP contribution in [0.15, 0.2) is 48.5 Å². The highest BCUT2D eigenvalue weighted by atomic mass is 16.5. The fourth-order valence-electron chi connectivity index (χ4n) is 2.56. The van der Waals surface area contributed by atoms with Gasteiger partial charge in [0.15, 0.2) is 0 Å². The van der Waals surface area contributed by atoms with E-state index in [0.717, 1.165) is 23.3 Å². The molecule has 0 bridgehead atoms. The van der Waals surface area contributed by atoms with Gasteiger partial charge in [-0.1, -0.05) is 47.9 Å². The predicted molar refractivity (Wildman–Crippen MR) is 105 cm³/mol. The summed E-state index contributed by atoms with van der Waals surface area (Å²) in [5.41, 5.74) is 3.46. The van der Waals surface area contributed by atoms with Crippen LogP contribution >= 0.6 is 0 Å². The summed E-state index contributed by atoms with van der Waals surface area (Å²) in [4.78, 5) is 14.1. The molecule has 4 nitrogen and oxygen atoms in total. The van der Waals surface area contributed by atoms with Gasteiger partial charge in [0.25, 0.3) is 0 Å². The number of hydrogen-bond acceptors (Lipinski definition) is 2. The zero-order chi connectivity index (χ0) is 18.9. The molecule has 0 spiro atoms. The molecule has 2 rings (SSSR count). The molecule has 0 aliphatic carbocycles. The van der Waals surface area contributed by atoms with Crippen LogP contribution < -0.4 is 10.1 Å². The maximum absolute atomic E-state index is 12.4. The molecule has 0 saturated heterocycles. The highest BCUT2D eigenvalue weighted by molar-refractivity contribution is 5.74. The van der Waals surface area contributed by atoms with E-state index in [9.17, 15) is 4.79 Å². The lowest BCUT2D eigenvalue weighted by molar-refractivity contribution is 0.194. The smallest absolute Gasteiger partial charge is 0.317 e. The predicted octanol–water partition coefficient (Wildman–Crippen LogP) is 3.95. The number of aryl methyl sites for hydroxylation is 1. The van der Waals surface area contributed by atoms with E-state index in [1.165, 1.54) is 5.56 Å². The van der Waals surface area contributed by atoms with Crippen LogP contribution in [0.4, 0.5) is 4.79 Å². The van der Waals surface area contributed by atoms with Crippen molar-refractivity contribution >= 4 is 6.03 Å². The van der Waals surface area contributed by atoms with Crippen LogP contribution in [0.2, 0.25) is 0 Å². The Kier molecular flexibility index (Phi) is 7.11. The quantitative estimate of drug-likeness (QED) is 0.768. The number of nitrogens with one attached hydrogen (secondary N) is 1. The lowest BCUT2D eigenvalue weighted by Gasteiger charge is -2.25. The number of benzene rings is 2. The normalized spacial score (nSPS) is 11.3. The molecule has 1 unspecified atom stereocenters. The summed E-state index contributed by atoms with van der Waals surface area (Å²) < 4.78 is 5.35.